The highest BCUT2D eigenvalue weighted by molar-refractivity contribution is 5.94. The standard InChI is InChI=1S/C16H15N3O/c17-9-12-4-3-5-13(8-12)10-19-11-14-6-1-2-7-15(14)16(18)20/h1-8,19H,10-11H2,(H2,18,20). The molecule has 0 aliphatic heterocycles. The highest BCUT2D eigenvalue weighted by atomic mass is 16.1. The van der Waals surface area contributed by atoms with Crippen LogP contribution in [0.15, 0.2) is 48.5 Å². The van der Waals surface area contributed by atoms with E-state index in [4.69, 9.17) is 11.0 Å². The van der Waals surface area contributed by atoms with Crippen molar-refractivity contribution in [2.45, 2.75) is 13.1 Å². The summed E-state index contributed by atoms with van der Waals surface area (Å²) in [5.74, 6) is -0.422. The van der Waals surface area contributed by atoms with Crippen molar-refractivity contribution in [1.29, 1.82) is 5.26 Å². The Balaban J connectivity index is 2.00. The van der Waals surface area contributed by atoms with Gasteiger partial charge in [0.05, 0.1) is 11.6 Å². The highest BCUT2D eigenvalue weighted by Crippen LogP contribution is 2.09. The molecule has 2 rings (SSSR count). The molecule has 0 aliphatic rings. The number of hydrogen-bond donors (Lipinski definition) is 2. The number of rotatable bonds is 5. The van der Waals surface area contributed by atoms with Gasteiger partial charge in [-0.05, 0) is 29.3 Å². The lowest BCUT2D eigenvalue weighted by atomic mass is 10.1. The summed E-state index contributed by atoms with van der Waals surface area (Å²) in [5, 5.41) is 12.1. The number of primary amides is 1. The fourth-order valence-electron chi connectivity index (χ4n) is 2.01. The van der Waals surface area contributed by atoms with Crippen molar-refractivity contribution < 1.29 is 4.79 Å². The Labute approximate surface area is 117 Å². The zero-order valence-corrected chi connectivity index (χ0v) is 11.0. The van der Waals surface area contributed by atoms with Crippen LogP contribution in [-0.2, 0) is 13.1 Å². The summed E-state index contributed by atoms with van der Waals surface area (Å²) < 4.78 is 0. The second-order valence-corrected chi connectivity index (χ2v) is 4.44. The van der Waals surface area contributed by atoms with Crippen LogP contribution in [-0.4, -0.2) is 5.91 Å². The molecule has 0 fully saturated rings. The third-order valence-electron chi connectivity index (χ3n) is 2.98. The normalized spacial score (nSPS) is 9.95. The molecule has 0 aromatic heterocycles. The van der Waals surface area contributed by atoms with E-state index in [-0.39, 0.29) is 0 Å². The molecule has 100 valence electrons. The predicted octanol–water partition coefficient (Wildman–Crippen LogP) is 1.95. The number of hydrogen-bond acceptors (Lipinski definition) is 3. The number of nitriles is 1. The summed E-state index contributed by atoms with van der Waals surface area (Å²) in [6.07, 6.45) is 0. The Hall–Kier alpha value is -2.64. The maximum atomic E-state index is 11.3. The smallest absolute Gasteiger partial charge is 0.249 e. The summed E-state index contributed by atoms with van der Waals surface area (Å²) >= 11 is 0. The zero-order chi connectivity index (χ0) is 14.4. The Bertz CT molecular complexity index is 659. The zero-order valence-electron chi connectivity index (χ0n) is 11.0. The lowest BCUT2D eigenvalue weighted by molar-refractivity contribution is 0.0999. The molecule has 0 saturated carbocycles. The number of nitrogens with zero attached hydrogens (tertiary/aromatic N) is 1. The van der Waals surface area contributed by atoms with E-state index in [2.05, 4.69) is 11.4 Å². The van der Waals surface area contributed by atoms with Crippen LogP contribution in [0, 0.1) is 11.3 Å². The van der Waals surface area contributed by atoms with Gasteiger partial charge < -0.3 is 11.1 Å². The van der Waals surface area contributed by atoms with Crippen LogP contribution in [0.25, 0.3) is 0 Å². The molecule has 0 bridgehead atoms. The van der Waals surface area contributed by atoms with Gasteiger partial charge in [0.15, 0.2) is 0 Å². The first kappa shape index (κ1) is 13.8. The second kappa shape index (κ2) is 6.50. The van der Waals surface area contributed by atoms with Gasteiger partial charge in [-0.2, -0.15) is 5.26 Å². The van der Waals surface area contributed by atoms with Crippen LogP contribution in [0.5, 0.6) is 0 Å². The molecular formula is C16H15N3O. The minimum Gasteiger partial charge on any atom is -0.366 e. The molecule has 0 radical (unpaired) electrons. The summed E-state index contributed by atoms with van der Waals surface area (Å²) in [6, 6.07) is 16.8. The van der Waals surface area contributed by atoms with Crippen LogP contribution < -0.4 is 11.1 Å². The van der Waals surface area contributed by atoms with Crippen LogP contribution in [0.1, 0.15) is 27.0 Å². The average Bonchev–Trinajstić information content (AvgIpc) is 2.48. The third-order valence-corrected chi connectivity index (χ3v) is 2.98. The molecule has 4 nitrogen and oxygen atoms in total. The first-order valence-corrected chi connectivity index (χ1v) is 6.28. The van der Waals surface area contributed by atoms with Crippen molar-refractivity contribution in [2.75, 3.05) is 0 Å². The summed E-state index contributed by atoms with van der Waals surface area (Å²) in [4.78, 5) is 11.3. The molecule has 0 heterocycles. The largest absolute Gasteiger partial charge is 0.366 e. The van der Waals surface area contributed by atoms with Crippen molar-refractivity contribution in [3.05, 3.63) is 70.8 Å². The Morgan fingerprint density at radius 3 is 2.70 bits per heavy atom. The van der Waals surface area contributed by atoms with Crippen LogP contribution in [0.4, 0.5) is 0 Å². The number of nitrogens with two attached hydrogens (primary N) is 1. The molecule has 2 aromatic carbocycles. The van der Waals surface area contributed by atoms with Gasteiger partial charge in [-0.1, -0.05) is 30.3 Å². The summed E-state index contributed by atoms with van der Waals surface area (Å²) in [7, 11) is 0. The van der Waals surface area contributed by atoms with E-state index in [0.29, 0.717) is 24.2 Å². The Morgan fingerprint density at radius 2 is 1.95 bits per heavy atom. The monoisotopic (exact) mass is 265 g/mol. The van der Waals surface area contributed by atoms with Crippen molar-refractivity contribution >= 4 is 5.91 Å². The van der Waals surface area contributed by atoms with Crippen molar-refractivity contribution in [3.8, 4) is 6.07 Å². The quantitative estimate of drug-likeness (QED) is 0.867. The van der Waals surface area contributed by atoms with Crippen molar-refractivity contribution in [2.24, 2.45) is 5.73 Å². The summed E-state index contributed by atoms with van der Waals surface area (Å²) in [6.45, 7) is 1.18. The van der Waals surface area contributed by atoms with Crippen molar-refractivity contribution in [1.82, 2.24) is 5.32 Å². The minimum absolute atomic E-state index is 0.422. The highest BCUT2D eigenvalue weighted by Gasteiger charge is 2.06. The number of carbonyl (C=O) groups is 1. The molecule has 0 unspecified atom stereocenters. The van der Waals surface area contributed by atoms with E-state index in [1.807, 2.05) is 30.3 Å². The van der Waals surface area contributed by atoms with E-state index in [1.54, 1.807) is 18.2 Å². The van der Waals surface area contributed by atoms with Gasteiger partial charge in [0.2, 0.25) is 5.91 Å². The SMILES string of the molecule is N#Cc1cccc(CNCc2ccccc2C(N)=O)c1. The lowest BCUT2D eigenvalue weighted by Crippen LogP contribution is -2.18. The van der Waals surface area contributed by atoms with Crippen LogP contribution >= 0.6 is 0 Å². The van der Waals surface area contributed by atoms with Crippen LogP contribution in [0.2, 0.25) is 0 Å². The van der Waals surface area contributed by atoms with E-state index >= 15 is 0 Å². The molecule has 2 aromatic rings. The molecule has 3 N–H and O–H groups in total. The molecule has 1 amide bonds. The second-order valence-electron chi connectivity index (χ2n) is 4.44. The molecule has 0 atom stereocenters. The molecule has 0 aliphatic carbocycles. The minimum atomic E-state index is -0.422. The number of nitrogens with one attached hydrogen (secondary N) is 1. The summed E-state index contributed by atoms with van der Waals surface area (Å²) in [5.41, 5.74) is 8.41. The van der Waals surface area contributed by atoms with Crippen molar-refractivity contribution in [3.63, 3.8) is 0 Å². The maximum absolute atomic E-state index is 11.3. The molecule has 20 heavy (non-hydrogen) atoms. The Kier molecular flexibility index (Phi) is 4.48. The first-order chi connectivity index (χ1) is 9.70. The third kappa shape index (κ3) is 3.44. The lowest BCUT2D eigenvalue weighted by Gasteiger charge is -2.08. The van der Waals surface area contributed by atoms with Gasteiger partial charge in [-0.15, -0.1) is 0 Å². The van der Waals surface area contributed by atoms with Gasteiger partial charge in [0, 0.05) is 18.7 Å². The average molecular weight is 265 g/mol. The van der Waals surface area contributed by atoms with E-state index in [1.165, 1.54) is 0 Å². The number of carbonyl (C=O) groups excluding carboxylic acids is 1. The maximum Gasteiger partial charge on any atom is 0.249 e. The van der Waals surface area contributed by atoms with Gasteiger partial charge in [-0.25, -0.2) is 0 Å². The predicted molar refractivity (Wildman–Crippen MR) is 76.7 cm³/mol. The van der Waals surface area contributed by atoms with E-state index in [9.17, 15) is 4.79 Å². The first-order valence-electron chi connectivity index (χ1n) is 6.28. The fraction of sp³-hybridized carbons (Fsp3) is 0.125. The van der Waals surface area contributed by atoms with Gasteiger partial charge >= 0.3 is 0 Å². The molecule has 0 saturated heterocycles. The number of amides is 1. The number of benzene rings is 2. The topological polar surface area (TPSA) is 78.9 Å². The fourth-order valence-corrected chi connectivity index (χ4v) is 2.01. The van der Waals surface area contributed by atoms with E-state index in [0.717, 1.165) is 11.1 Å². The molecule has 4 heteroatoms. The van der Waals surface area contributed by atoms with Gasteiger partial charge in [0.1, 0.15) is 0 Å². The van der Waals surface area contributed by atoms with Gasteiger partial charge in [0.25, 0.3) is 0 Å². The molecule has 0 spiro atoms. The molecular weight excluding hydrogens is 250 g/mol. The van der Waals surface area contributed by atoms with Crippen LogP contribution in [0.3, 0.4) is 0 Å². The van der Waals surface area contributed by atoms with E-state index < -0.39 is 5.91 Å². The Morgan fingerprint density at radius 1 is 1.15 bits per heavy atom. The van der Waals surface area contributed by atoms with Gasteiger partial charge in [-0.3, -0.25) is 4.79 Å².